The Morgan fingerprint density at radius 3 is 2.78 bits per heavy atom. The molecule has 0 aromatic heterocycles. The number of benzene rings is 1. The van der Waals surface area contributed by atoms with Crippen molar-refractivity contribution in [3.63, 3.8) is 0 Å². The van der Waals surface area contributed by atoms with Crippen molar-refractivity contribution in [3.05, 3.63) is 47.7 Å². The average molecular weight is 506 g/mol. The van der Waals surface area contributed by atoms with Crippen molar-refractivity contribution >= 4 is 29.9 Å². The fraction of sp³-hybridized carbons (Fsp3) is 0.481. The molecule has 3 aliphatic heterocycles. The second kappa shape index (κ2) is 9.47. The zero-order valence-electron chi connectivity index (χ0n) is 20.9. The molecule has 3 N–H and O–H groups in total. The fourth-order valence-electron chi connectivity index (χ4n) is 6.57. The van der Waals surface area contributed by atoms with Gasteiger partial charge >= 0.3 is 12.2 Å². The van der Waals surface area contributed by atoms with Crippen molar-refractivity contribution in [1.29, 1.82) is 5.26 Å². The van der Waals surface area contributed by atoms with Crippen LogP contribution in [0, 0.1) is 34.5 Å². The van der Waals surface area contributed by atoms with Gasteiger partial charge in [-0.15, -0.1) is 0 Å². The van der Waals surface area contributed by atoms with Crippen molar-refractivity contribution in [2.24, 2.45) is 28.9 Å². The van der Waals surface area contributed by atoms with Gasteiger partial charge in [0.2, 0.25) is 6.41 Å². The van der Waals surface area contributed by atoms with Crippen LogP contribution >= 0.6 is 0 Å². The number of methoxy groups -OCH3 is 1. The number of carbonyl (C=O) groups excluding carboxylic acids is 3. The van der Waals surface area contributed by atoms with Gasteiger partial charge in [0.25, 0.3) is 0 Å². The number of nitriles is 1. The maximum Gasteiger partial charge on any atom is 0.415 e. The van der Waals surface area contributed by atoms with Crippen molar-refractivity contribution < 1.29 is 23.9 Å². The molecule has 5 atom stereocenters. The molecule has 37 heavy (non-hydrogen) atoms. The highest BCUT2D eigenvalue weighted by Crippen LogP contribution is 2.67. The van der Waals surface area contributed by atoms with E-state index in [2.05, 4.69) is 29.1 Å². The van der Waals surface area contributed by atoms with Gasteiger partial charge in [-0.1, -0.05) is 25.1 Å². The second-order valence-corrected chi connectivity index (χ2v) is 10.1. The standard InChI is InChI=1S/C27H31N5O5/c1-3-19(27(14-29)20-12-31(15-33)13-21(20)27)6-4-17(10-28)16-5-7-22-18(8-16)9-23-24(11-30-25(34)36-2)37-26(35)32(22)23/h4-8,10,15,19-21,23-24H,3,9,11-13,28H2,1-2H3,(H,30,34)/b6-4-,17-10+/t19?,20?,21?,23-,24?,27?/m0/s1. The van der Waals surface area contributed by atoms with Crippen molar-refractivity contribution in [3.8, 4) is 6.07 Å². The fourth-order valence-corrected chi connectivity index (χ4v) is 6.57. The van der Waals surface area contributed by atoms with E-state index in [1.54, 1.807) is 16.0 Å². The van der Waals surface area contributed by atoms with Crippen LogP contribution in [0.2, 0.25) is 0 Å². The molecule has 4 aliphatic rings. The number of allylic oxidation sites excluding steroid dienone is 3. The summed E-state index contributed by atoms with van der Waals surface area (Å²) in [5, 5.41) is 12.7. The van der Waals surface area contributed by atoms with E-state index < -0.39 is 23.7 Å². The molecule has 1 saturated carbocycles. The number of likely N-dealkylation sites (tertiary alicyclic amines) is 1. The van der Waals surface area contributed by atoms with Crippen LogP contribution in [0.15, 0.2) is 36.6 Å². The third kappa shape index (κ3) is 3.89. The number of piperidine rings is 1. The molecular weight excluding hydrogens is 474 g/mol. The number of rotatable bonds is 8. The summed E-state index contributed by atoms with van der Waals surface area (Å²) in [4.78, 5) is 38.5. The number of anilines is 1. The first kappa shape index (κ1) is 24.7. The van der Waals surface area contributed by atoms with E-state index >= 15 is 0 Å². The molecule has 0 bridgehead atoms. The number of hydrogen-bond donors (Lipinski definition) is 2. The first-order chi connectivity index (χ1) is 17.9. The predicted molar refractivity (Wildman–Crippen MR) is 135 cm³/mol. The monoisotopic (exact) mass is 505 g/mol. The number of nitrogens with one attached hydrogen (secondary N) is 1. The van der Waals surface area contributed by atoms with Gasteiger partial charge in [-0.05, 0) is 47.6 Å². The lowest BCUT2D eigenvalue weighted by molar-refractivity contribution is -0.118. The first-order valence-electron chi connectivity index (χ1n) is 12.6. The summed E-state index contributed by atoms with van der Waals surface area (Å²) in [6.07, 6.45) is 6.42. The number of cyclic esters (lactones) is 1. The molecule has 194 valence electrons. The molecule has 3 fully saturated rings. The summed E-state index contributed by atoms with van der Waals surface area (Å²) in [7, 11) is 1.28. The topological polar surface area (TPSA) is 138 Å². The Kier molecular flexibility index (Phi) is 6.31. The van der Waals surface area contributed by atoms with Gasteiger partial charge in [-0.25, -0.2) is 9.59 Å². The summed E-state index contributed by atoms with van der Waals surface area (Å²) >= 11 is 0. The van der Waals surface area contributed by atoms with Crippen LogP contribution in [0.3, 0.4) is 0 Å². The maximum atomic E-state index is 12.5. The van der Waals surface area contributed by atoms with Gasteiger partial charge in [0.15, 0.2) is 0 Å². The minimum absolute atomic E-state index is 0.0639. The Hall–Kier alpha value is -4.00. The van der Waals surface area contributed by atoms with Gasteiger partial charge in [0, 0.05) is 31.1 Å². The van der Waals surface area contributed by atoms with Crippen molar-refractivity contribution in [1.82, 2.24) is 10.2 Å². The molecule has 1 aromatic rings. The molecule has 2 saturated heterocycles. The zero-order chi connectivity index (χ0) is 26.3. The number of hydrogen-bond acceptors (Lipinski definition) is 7. The molecule has 3 heterocycles. The predicted octanol–water partition coefficient (Wildman–Crippen LogP) is 2.40. The summed E-state index contributed by atoms with van der Waals surface area (Å²) in [5.41, 5.74) is 9.13. The number of alkyl carbamates (subject to hydrolysis) is 1. The Balaban J connectivity index is 1.31. The van der Waals surface area contributed by atoms with Gasteiger partial charge in [-0.3, -0.25) is 9.69 Å². The van der Waals surface area contributed by atoms with Crippen LogP contribution in [0.5, 0.6) is 0 Å². The van der Waals surface area contributed by atoms with Crippen molar-refractivity contribution in [2.45, 2.75) is 31.9 Å². The second-order valence-electron chi connectivity index (χ2n) is 10.1. The maximum absolute atomic E-state index is 12.5. The normalized spacial score (nSPS) is 30.3. The minimum Gasteiger partial charge on any atom is -0.453 e. The third-order valence-electron chi connectivity index (χ3n) is 8.49. The quantitative estimate of drug-likeness (QED) is 0.409. The highest BCUT2D eigenvalue weighted by molar-refractivity contribution is 5.94. The van der Waals surface area contributed by atoms with E-state index in [1.807, 2.05) is 24.3 Å². The summed E-state index contributed by atoms with van der Waals surface area (Å²) in [6.45, 7) is 3.54. The lowest BCUT2D eigenvalue weighted by Crippen LogP contribution is -2.40. The summed E-state index contributed by atoms with van der Waals surface area (Å²) in [5.74, 6) is 0.504. The van der Waals surface area contributed by atoms with E-state index in [-0.39, 0.29) is 30.3 Å². The number of ether oxygens (including phenoxy) is 2. The van der Waals surface area contributed by atoms with Gasteiger partial charge in [0.05, 0.1) is 36.9 Å². The highest BCUT2D eigenvalue weighted by atomic mass is 16.6. The Morgan fingerprint density at radius 1 is 1.41 bits per heavy atom. The van der Waals surface area contributed by atoms with Crippen LogP contribution in [-0.2, 0) is 20.7 Å². The summed E-state index contributed by atoms with van der Waals surface area (Å²) in [6, 6.07) is 8.23. The van der Waals surface area contributed by atoms with E-state index in [0.29, 0.717) is 19.5 Å². The SMILES string of the molecule is CCC(/C=C\C(=C/N)c1ccc2c(c1)C[C@H]1C(CNC(=O)OC)OC(=O)N21)C1(C#N)C2CN(C=O)CC21. The first-order valence-corrected chi connectivity index (χ1v) is 12.6. The average Bonchev–Trinajstić information content (AvgIpc) is 3.29. The van der Waals surface area contributed by atoms with Crippen molar-refractivity contribution in [2.75, 3.05) is 31.6 Å². The van der Waals surface area contributed by atoms with Crippen LogP contribution in [0.1, 0.15) is 24.5 Å². The Bertz CT molecular complexity index is 1210. The van der Waals surface area contributed by atoms with E-state index in [0.717, 1.165) is 35.2 Å². The Labute approximate surface area is 215 Å². The zero-order valence-corrected chi connectivity index (χ0v) is 20.9. The Morgan fingerprint density at radius 2 is 2.16 bits per heavy atom. The number of fused-ring (bicyclic) bond motifs is 4. The van der Waals surface area contributed by atoms with Gasteiger partial charge < -0.3 is 25.4 Å². The highest BCUT2D eigenvalue weighted by Gasteiger charge is 2.71. The lowest BCUT2D eigenvalue weighted by atomic mass is 9.82. The number of nitrogens with zero attached hydrogens (tertiary/aromatic N) is 3. The number of amides is 3. The molecule has 0 spiro atoms. The van der Waals surface area contributed by atoms with Crippen LogP contribution < -0.4 is 16.0 Å². The number of nitrogens with two attached hydrogens (primary N) is 1. The molecule has 0 radical (unpaired) electrons. The molecule has 5 rings (SSSR count). The molecule has 10 nitrogen and oxygen atoms in total. The van der Waals surface area contributed by atoms with Crippen LogP contribution in [-0.4, -0.2) is 62.4 Å². The third-order valence-corrected chi connectivity index (χ3v) is 8.49. The molecule has 4 unspecified atom stereocenters. The molecular formula is C27H31N5O5. The van der Waals surface area contributed by atoms with E-state index in [4.69, 9.17) is 10.5 Å². The van der Waals surface area contributed by atoms with Gasteiger partial charge in [-0.2, -0.15) is 5.26 Å². The largest absolute Gasteiger partial charge is 0.453 e. The van der Waals surface area contributed by atoms with Gasteiger partial charge in [0.1, 0.15) is 6.10 Å². The lowest BCUT2D eigenvalue weighted by Gasteiger charge is -2.24. The smallest absolute Gasteiger partial charge is 0.415 e. The van der Waals surface area contributed by atoms with E-state index in [9.17, 15) is 19.6 Å². The minimum atomic E-state index is -0.573. The molecule has 3 amide bonds. The van der Waals surface area contributed by atoms with Crippen LogP contribution in [0.25, 0.3) is 5.57 Å². The summed E-state index contributed by atoms with van der Waals surface area (Å²) < 4.78 is 10.1. The molecule has 10 heteroatoms. The van der Waals surface area contributed by atoms with Crippen LogP contribution in [0.4, 0.5) is 15.3 Å². The van der Waals surface area contributed by atoms with E-state index in [1.165, 1.54) is 7.11 Å². The number of carbonyl (C=O) groups is 3. The molecule has 1 aliphatic carbocycles. The molecule has 1 aromatic carbocycles.